The molecule has 1 aliphatic carbocycles. The molecule has 1 aliphatic heterocycles. The Labute approximate surface area is 189 Å². The van der Waals surface area contributed by atoms with Gasteiger partial charge < -0.3 is 4.98 Å². The second-order valence-electron chi connectivity index (χ2n) is 9.97. The van der Waals surface area contributed by atoms with Gasteiger partial charge in [0, 0.05) is 11.1 Å². The third kappa shape index (κ3) is 3.98. The Morgan fingerprint density at radius 1 is 1.00 bits per heavy atom. The summed E-state index contributed by atoms with van der Waals surface area (Å²) in [7, 11) is 0. The lowest BCUT2D eigenvalue weighted by Crippen LogP contribution is -2.40. The Morgan fingerprint density at radius 3 is 2.47 bits per heavy atom. The number of aromatic nitrogens is 5. The van der Waals surface area contributed by atoms with Crippen LogP contribution in [0.5, 0.6) is 0 Å². The molecule has 3 aromatic rings. The molecule has 0 amide bonds. The number of aryl methyl sites for hydroxylation is 2. The normalized spacial score (nSPS) is 20.1. The SMILES string of the molecule is Cc1cc2cc([C@@H](c3nnnn3C3CCCCC3)N3CCC(C)CC3)c(=O)[nH]c2cc1C. The van der Waals surface area contributed by atoms with Crippen LogP contribution in [-0.2, 0) is 0 Å². The number of tetrazole rings is 1. The first-order valence-corrected chi connectivity index (χ1v) is 12.2. The molecule has 3 heterocycles. The lowest BCUT2D eigenvalue weighted by atomic mass is 9.93. The second-order valence-corrected chi connectivity index (χ2v) is 9.97. The van der Waals surface area contributed by atoms with Crippen molar-refractivity contribution in [3.8, 4) is 0 Å². The first-order valence-electron chi connectivity index (χ1n) is 12.2. The number of pyridine rings is 1. The van der Waals surface area contributed by atoms with Crippen molar-refractivity contribution in [2.45, 2.75) is 77.8 Å². The van der Waals surface area contributed by atoms with Crippen molar-refractivity contribution in [3.63, 3.8) is 0 Å². The van der Waals surface area contributed by atoms with Gasteiger partial charge >= 0.3 is 0 Å². The maximum atomic E-state index is 13.4. The Bertz CT molecular complexity index is 1150. The minimum atomic E-state index is -0.228. The monoisotopic (exact) mass is 434 g/mol. The molecule has 0 spiro atoms. The number of piperidine rings is 1. The summed E-state index contributed by atoms with van der Waals surface area (Å²) in [5.74, 6) is 1.53. The van der Waals surface area contributed by atoms with Gasteiger partial charge in [0.2, 0.25) is 0 Å². The highest BCUT2D eigenvalue weighted by Crippen LogP contribution is 2.34. The van der Waals surface area contributed by atoms with Crippen LogP contribution in [0.15, 0.2) is 23.0 Å². The fourth-order valence-corrected chi connectivity index (χ4v) is 5.45. The first-order chi connectivity index (χ1) is 15.5. The third-order valence-corrected chi connectivity index (χ3v) is 7.65. The minimum Gasteiger partial charge on any atom is -0.322 e. The van der Waals surface area contributed by atoms with Crippen LogP contribution in [0.25, 0.3) is 10.9 Å². The van der Waals surface area contributed by atoms with E-state index in [0.29, 0.717) is 12.0 Å². The van der Waals surface area contributed by atoms with E-state index in [1.54, 1.807) is 0 Å². The van der Waals surface area contributed by atoms with Crippen molar-refractivity contribution in [2.75, 3.05) is 13.1 Å². The standard InChI is InChI=1S/C25H34N6O/c1-16-9-11-30(12-10-16)23(24-27-28-29-31(24)20-7-5-4-6-8-20)21-15-19-13-17(2)18(3)14-22(19)26-25(21)32/h13-16,20,23H,4-12H2,1-3H3,(H,26,32)/t23-/m0/s1. The van der Waals surface area contributed by atoms with Crippen LogP contribution in [0.2, 0.25) is 0 Å². The molecule has 2 aliphatic rings. The zero-order valence-corrected chi connectivity index (χ0v) is 19.5. The van der Waals surface area contributed by atoms with Crippen LogP contribution in [0.3, 0.4) is 0 Å². The van der Waals surface area contributed by atoms with E-state index in [-0.39, 0.29) is 11.6 Å². The number of hydrogen-bond acceptors (Lipinski definition) is 5. The molecule has 1 saturated heterocycles. The van der Waals surface area contributed by atoms with Gasteiger partial charge in [-0.2, -0.15) is 0 Å². The molecule has 1 saturated carbocycles. The fourth-order valence-electron chi connectivity index (χ4n) is 5.45. The van der Waals surface area contributed by atoms with Gasteiger partial charge in [-0.15, -0.1) is 5.10 Å². The largest absolute Gasteiger partial charge is 0.322 e. The van der Waals surface area contributed by atoms with Gasteiger partial charge in [0.05, 0.1) is 6.04 Å². The van der Waals surface area contributed by atoms with E-state index in [0.717, 1.165) is 61.1 Å². The molecule has 1 N–H and O–H groups in total. The average Bonchev–Trinajstić information content (AvgIpc) is 3.27. The number of nitrogens with one attached hydrogen (secondary N) is 1. The van der Waals surface area contributed by atoms with Crippen LogP contribution < -0.4 is 5.56 Å². The molecule has 1 aromatic carbocycles. The predicted octanol–water partition coefficient (Wildman–Crippen LogP) is 4.46. The van der Waals surface area contributed by atoms with E-state index in [1.807, 2.05) is 4.68 Å². The lowest BCUT2D eigenvalue weighted by molar-refractivity contribution is 0.146. The lowest BCUT2D eigenvalue weighted by Gasteiger charge is -2.36. The number of fused-ring (bicyclic) bond motifs is 1. The molecule has 5 rings (SSSR count). The molecule has 7 heteroatoms. The van der Waals surface area contributed by atoms with Gasteiger partial charge in [-0.1, -0.05) is 26.2 Å². The van der Waals surface area contributed by atoms with Gasteiger partial charge in [-0.3, -0.25) is 9.69 Å². The van der Waals surface area contributed by atoms with Crippen LogP contribution >= 0.6 is 0 Å². The Morgan fingerprint density at radius 2 is 1.72 bits per heavy atom. The zero-order valence-electron chi connectivity index (χ0n) is 19.5. The Balaban J connectivity index is 1.63. The summed E-state index contributed by atoms with van der Waals surface area (Å²) in [4.78, 5) is 19.0. The summed E-state index contributed by atoms with van der Waals surface area (Å²) in [6.45, 7) is 8.41. The molecule has 32 heavy (non-hydrogen) atoms. The molecule has 2 aromatic heterocycles. The molecular formula is C25H34N6O. The first kappa shape index (κ1) is 21.3. The van der Waals surface area contributed by atoms with Crippen molar-refractivity contribution in [1.29, 1.82) is 0 Å². The third-order valence-electron chi connectivity index (χ3n) is 7.65. The maximum absolute atomic E-state index is 13.4. The number of likely N-dealkylation sites (tertiary alicyclic amines) is 1. The summed E-state index contributed by atoms with van der Waals surface area (Å²) in [5.41, 5.74) is 4.01. The molecule has 1 atom stereocenters. The molecule has 0 bridgehead atoms. The summed E-state index contributed by atoms with van der Waals surface area (Å²) in [5, 5.41) is 14.1. The number of hydrogen-bond donors (Lipinski definition) is 1. The van der Waals surface area contributed by atoms with E-state index < -0.39 is 0 Å². The van der Waals surface area contributed by atoms with Crippen molar-refractivity contribution < 1.29 is 0 Å². The predicted molar refractivity (Wildman–Crippen MR) is 126 cm³/mol. The fraction of sp³-hybridized carbons (Fsp3) is 0.600. The van der Waals surface area contributed by atoms with Crippen LogP contribution in [0.4, 0.5) is 0 Å². The van der Waals surface area contributed by atoms with Gasteiger partial charge in [-0.25, -0.2) is 4.68 Å². The maximum Gasteiger partial charge on any atom is 0.253 e. The molecule has 170 valence electrons. The molecule has 2 fully saturated rings. The summed E-state index contributed by atoms with van der Waals surface area (Å²) >= 11 is 0. The average molecular weight is 435 g/mol. The Kier molecular flexibility index (Phi) is 5.84. The summed E-state index contributed by atoms with van der Waals surface area (Å²) < 4.78 is 2.03. The molecule has 0 unspecified atom stereocenters. The smallest absolute Gasteiger partial charge is 0.253 e. The van der Waals surface area contributed by atoms with Crippen molar-refractivity contribution >= 4 is 10.9 Å². The molecule has 0 radical (unpaired) electrons. The highest BCUT2D eigenvalue weighted by molar-refractivity contribution is 5.81. The van der Waals surface area contributed by atoms with Crippen LogP contribution in [-0.4, -0.2) is 43.2 Å². The van der Waals surface area contributed by atoms with Crippen LogP contribution in [0, 0.1) is 19.8 Å². The number of rotatable bonds is 4. The van der Waals surface area contributed by atoms with Crippen molar-refractivity contribution in [3.05, 3.63) is 51.1 Å². The molecular weight excluding hydrogens is 400 g/mol. The zero-order chi connectivity index (χ0) is 22.2. The van der Waals surface area contributed by atoms with Gasteiger partial charge in [0.1, 0.15) is 6.04 Å². The van der Waals surface area contributed by atoms with Gasteiger partial charge in [-0.05, 0) is 104 Å². The van der Waals surface area contributed by atoms with E-state index in [1.165, 1.54) is 30.4 Å². The van der Waals surface area contributed by atoms with Crippen molar-refractivity contribution in [2.24, 2.45) is 5.92 Å². The summed E-state index contributed by atoms with van der Waals surface area (Å²) in [6.07, 6.45) is 8.18. The number of H-pyrrole nitrogens is 1. The van der Waals surface area contributed by atoms with E-state index in [9.17, 15) is 4.79 Å². The number of benzene rings is 1. The number of aromatic amines is 1. The Hall–Kier alpha value is -2.54. The quantitative estimate of drug-likeness (QED) is 0.656. The van der Waals surface area contributed by atoms with Crippen molar-refractivity contribution in [1.82, 2.24) is 30.1 Å². The van der Waals surface area contributed by atoms with Gasteiger partial charge in [0.25, 0.3) is 5.56 Å². The van der Waals surface area contributed by atoms with E-state index >= 15 is 0 Å². The minimum absolute atomic E-state index is 0.0393. The van der Waals surface area contributed by atoms with Crippen LogP contribution in [0.1, 0.15) is 86.5 Å². The number of nitrogens with zero attached hydrogens (tertiary/aromatic N) is 5. The highest BCUT2D eigenvalue weighted by atomic mass is 16.1. The highest BCUT2D eigenvalue weighted by Gasteiger charge is 2.34. The van der Waals surface area contributed by atoms with E-state index in [2.05, 4.69) is 64.4 Å². The van der Waals surface area contributed by atoms with Gasteiger partial charge in [0.15, 0.2) is 5.82 Å². The topological polar surface area (TPSA) is 79.7 Å². The van der Waals surface area contributed by atoms with E-state index in [4.69, 9.17) is 0 Å². The second kappa shape index (κ2) is 8.77. The molecule has 7 nitrogen and oxygen atoms in total. The summed E-state index contributed by atoms with van der Waals surface area (Å²) in [6, 6.07) is 6.41.